The zero-order valence-electron chi connectivity index (χ0n) is 19.3. The lowest BCUT2D eigenvalue weighted by Crippen LogP contribution is -2.51. The van der Waals surface area contributed by atoms with Gasteiger partial charge in [-0.25, -0.2) is 4.39 Å². The first-order valence-electron chi connectivity index (χ1n) is 12.0. The number of thiol groups is 1. The van der Waals surface area contributed by atoms with Crippen LogP contribution in [0.3, 0.4) is 0 Å². The molecule has 1 aromatic heterocycles. The Kier molecular flexibility index (Phi) is 5.75. The van der Waals surface area contributed by atoms with E-state index in [-0.39, 0.29) is 29.0 Å². The Balaban J connectivity index is 1.18. The van der Waals surface area contributed by atoms with Gasteiger partial charge in [0.1, 0.15) is 5.82 Å². The number of nitrogens with zero attached hydrogens (tertiary/aromatic N) is 2. The number of aromatic nitrogens is 1. The lowest BCUT2D eigenvalue weighted by Gasteiger charge is -2.32. The molecule has 1 saturated heterocycles. The van der Waals surface area contributed by atoms with Crippen molar-refractivity contribution in [2.45, 2.75) is 43.8 Å². The zero-order chi connectivity index (χ0) is 24.1. The number of hydrogen-bond acceptors (Lipinski definition) is 5. The molecular formula is C27H27FN4O2S. The van der Waals surface area contributed by atoms with Crippen molar-refractivity contribution >= 4 is 40.9 Å². The smallest absolute Gasteiger partial charge is 0.243 e. The molecule has 4 heterocycles. The molecule has 3 aromatic rings. The highest BCUT2D eigenvalue weighted by atomic mass is 32.1. The van der Waals surface area contributed by atoms with Gasteiger partial charge in [0.25, 0.3) is 0 Å². The summed E-state index contributed by atoms with van der Waals surface area (Å²) in [6.07, 6.45) is 6.08. The van der Waals surface area contributed by atoms with Crippen LogP contribution in [0, 0.1) is 5.82 Å². The molecule has 2 aromatic carbocycles. The summed E-state index contributed by atoms with van der Waals surface area (Å²) in [5.41, 5.74) is 6.91. The van der Waals surface area contributed by atoms with Crippen LogP contribution < -0.4 is 5.32 Å². The summed E-state index contributed by atoms with van der Waals surface area (Å²) in [4.78, 5) is 31.8. The van der Waals surface area contributed by atoms with Gasteiger partial charge in [0.05, 0.1) is 11.4 Å². The van der Waals surface area contributed by atoms with E-state index in [1.165, 1.54) is 28.8 Å². The number of nitrogens with one attached hydrogen (secondary N) is 2. The molecule has 0 radical (unpaired) electrons. The molecule has 0 spiro atoms. The number of benzene rings is 2. The minimum absolute atomic E-state index is 0.159. The van der Waals surface area contributed by atoms with E-state index in [2.05, 4.69) is 44.4 Å². The second kappa shape index (κ2) is 8.93. The molecule has 35 heavy (non-hydrogen) atoms. The maximum Gasteiger partial charge on any atom is 0.243 e. The van der Waals surface area contributed by atoms with Gasteiger partial charge in [-0.1, -0.05) is 24.3 Å². The standard InChI is InChI=1S/C27H27FN4O2S/c28-18-4-5-19-21(13-29-23(19)12-18)16-8-10-31(11-9-16)14-17-2-1-3-20-22(17)15-32(27(20)35)24-6-7-25(33)30-26(24)34/h1-5,8,12-13,24,27,29,35H,6-7,9-11,14-15H2,(H,30,33,34). The van der Waals surface area contributed by atoms with E-state index in [4.69, 9.17) is 12.6 Å². The minimum atomic E-state index is -0.333. The van der Waals surface area contributed by atoms with Gasteiger partial charge in [0, 0.05) is 55.3 Å². The number of hydrogen-bond donors (Lipinski definition) is 3. The van der Waals surface area contributed by atoms with E-state index in [1.54, 1.807) is 0 Å². The normalized spacial score (nSPS) is 23.4. The number of fused-ring (bicyclic) bond motifs is 2. The maximum absolute atomic E-state index is 13.5. The minimum Gasteiger partial charge on any atom is -0.360 e. The third-order valence-corrected chi connectivity index (χ3v) is 8.10. The van der Waals surface area contributed by atoms with Gasteiger partial charge >= 0.3 is 0 Å². The molecule has 8 heteroatoms. The van der Waals surface area contributed by atoms with E-state index in [0.717, 1.165) is 48.1 Å². The average molecular weight is 491 g/mol. The molecule has 6 nitrogen and oxygen atoms in total. The van der Waals surface area contributed by atoms with Crippen LogP contribution in [-0.4, -0.2) is 45.7 Å². The van der Waals surface area contributed by atoms with Crippen LogP contribution in [-0.2, 0) is 22.7 Å². The number of imide groups is 1. The highest BCUT2D eigenvalue weighted by molar-refractivity contribution is 7.80. The Bertz CT molecular complexity index is 1370. The third-order valence-electron chi connectivity index (χ3n) is 7.53. The highest BCUT2D eigenvalue weighted by Gasteiger charge is 2.39. The Hall–Kier alpha value is -2.94. The van der Waals surface area contributed by atoms with E-state index in [9.17, 15) is 14.0 Å². The topological polar surface area (TPSA) is 68.4 Å². The number of amides is 2. The van der Waals surface area contributed by atoms with E-state index < -0.39 is 0 Å². The highest BCUT2D eigenvalue weighted by Crippen LogP contribution is 2.41. The summed E-state index contributed by atoms with van der Waals surface area (Å²) in [5.74, 6) is -0.648. The lowest BCUT2D eigenvalue weighted by atomic mass is 9.97. The van der Waals surface area contributed by atoms with E-state index in [0.29, 0.717) is 19.4 Å². The van der Waals surface area contributed by atoms with E-state index in [1.807, 2.05) is 12.3 Å². The van der Waals surface area contributed by atoms with Gasteiger partial charge in [-0.15, -0.1) is 0 Å². The molecule has 6 rings (SSSR count). The first-order chi connectivity index (χ1) is 17.0. The summed E-state index contributed by atoms with van der Waals surface area (Å²) in [6, 6.07) is 10.9. The van der Waals surface area contributed by atoms with Crippen molar-refractivity contribution < 1.29 is 14.0 Å². The molecule has 3 aliphatic heterocycles. The van der Waals surface area contributed by atoms with Crippen LogP contribution in [0.4, 0.5) is 4.39 Å². The number of aromatic amines is 1. The van der Waals surface area contributed by atoms with Crippen molar-refractivity contribution in [2.75, 3.05) is 13.1 Å². The number of H-pyrrole nitrogens is 1. The summed E-state index contributed by atoms with van der Waals surface area (Å²) in [5, 5.41) is 3.37. The van der Waals surface area contributed by atoms with Crippen LogP contribution in [0.1, 0.15) is 46.9 Å². The van der Waals surface area contributed by atoms with Crippen LogP contribution in [0.2, 0.25) is 0 Å². The van der Waals surface area contributed by atoms with Crippen LogP contribution in [0.15, 0.2) is 48.7 Å². The first-order valence-corrected chi connectivity index (χ1v) is 12.6. The molecule has 0 bridgehead atoms. The van der Waals surface area contributed by atoms with Gasteiger partial charge in [-0.2, -0.15) is 12.6 Å². The predicted octanol–water partition coefficient (Wildman–Crippen LogP) is 4.15. The van der Waals surface area contributed by atoms with Crippen molar-refractivity contribution in [1.29, 1.82) is 0 Å². The molecule has 0 aliphatic carbocycles. The number of piperidine rings is 1. The van der Waals surface area contributed by atoms with Crippen molar-refractivity contribution in [2.24, 2.45) is 0 Å². The Labute approximate surface area is 208 Å². The SMILES string of the molecule is O=C1CCC(N2Cc3c(CN4CC=C(c5c[nH]c6cc(F)ccc56)CC4)cccc3C2S)C(=O)N1. The first kappa shape index (κ1) is 22.5. The van der Waals surface area contributed by atoms with Gasteiger partial charge in [-0.3, -0.25) is 24.7 Å². The summed E-state index contributed by atoms with van der Waals surface area (Å²) < 4.78 is 13.5. The second-order valence-electron chi connectivity index (χ2n) is 9.60. The third kappa shape index (κ3) is 4.09. The number of rotatable bonds is 4. The van der Waals surface area contributed by atoms with Crippen molar-refractivity contribution in [3.63, 3.8) is 0 Å². The zero-order valence-corrected chi connectivity index (χ0v) is 20.2. The van der Waals surface area contributed by atoms with E-state index >= 15 is 0 Å². The van der Waals surface area contributed by atoms with Gasteiger partial charge in [0.15, 0.2) is 0 Å². The van der Waals surface area contributed by atoms with Crippen molar-refractivity contribution in [3.05, 3.63) is 76.7 Å². The molecule has 2 N–H and O–H groups in total. The predicted molar refractivity (Wildman–Crippen MR) is 136 cm³/mol. The number of carbonyl (C=O) groups is 2. The molecule has 180 valence electrons. The number of carbonyl (C=O) groups excluding carboxylic acids is 2. The monoisotopic (exact) mass is 490 g/mol. The van der Waals surface area contributed by atoms with Gasteiger partial charge in [-0.05, 0) is 53.3 Å². The maximum atomic E-state index is 13.5. The van der Waals surface area contributed by atoms with Crippen LogP contribution in [0.5, 0.6) is 0 Å². The molecule has 1 fully saturated rings. The average Bonchev–Trinajstić information content (AvgIpc) is 3.41. The van der Waals surface area contributed by atoms with Crippen LogP contribution >= 0.6 is 12.6 Å². The summed E-state index contributed by atoms with van der Waals surface area (Å²) >= 11 is 4.85. The van der Waals surface area contributed by atoms with Crippen LogP contribution in [0.25, 0.3) is 16.5 Å². The fourth-order valence-electron chi connectivity index (χ4n) is 5.67. The fraction of sp³-hybridized carbons (Fsp3) is 0.333. The van der Waals surface area contributed by atoms with Gasteiger partial charge in [0.2, 0.25) is 11.8 Å². The largest absolute Gasteiger partial charge is 0.360 e. The summed E-state index contributed by atoms with van der Waals surface area (Å²) in [7, 11) is 0. The Morgan fingerprint density at radius 3 is 2.83 bits per heavy atom. The molecule has 2 unspecified atom stereocenters. The number of halogens is 1. The molecule has 2 amide bonds. The molecule has 2 atom stereocenters. The van der Waals surface area contributed by atoms with Gasteiger partial charge < -0.3 is 4.98 Å². The Morgan fingerprint density at radius 2 is 2.03 bits per heavy atom. The molecular weight excluding hydrogens is 463 g/mol. The molecule has 3 aliphatic rings. The lowest BCUT2D eigenvalue weighted by molar-refractivity contribution is -0.137. The Morgan fingerprint density at radius 1 is 1.14 bits per heavy atom. The van der Waals surface area contributed by atoms with Crippen molar-refractivity contribution in [3.8, 4) is 0 Å². The second-order valence-corrected chi connectivity index (χ2v) is 10.1. The molecule has 0 saturated carbocycles. The fourth-order valence-corrected chi connectivity index (χ4v) is 6.15. The summed E-state index contributed by atoms with van der Waals surface area (Å²) in [6.45, 7) is 3.26. The quantitative estimate of drug-likeness (QED) is 0.380. The van der Waals surface area contributed by atoms with Crippen molar-refractivity contribution in [1.82, 2.24) is 20.1 Å².